The van der Waals surface area contributed by atoms with Gasteiger partial charge in [-0.15, -0.1) is 11.3 Å². The van der Waals surface area contributed by atoms with E-state index >= 15 is 0 Å². The molecule has 0 unspecified atom stereocenters. The predicted octanol–water partition coefficient (Wildman–Crippen LogP) is 5.65. The number of non-ortho nitro benzene ring substituents is 1. The molecule has 4 rings (SSSR count). The molecular weight excluding hydrogens is 470 g/mol. The van der Waals surface area contributed by atoms with Crippen LogP contribution in [0.15, 0.2) is 71.2 Å². The standard InChI is InChI=1S/C21H14BrN3O4S/c22-13-5-10-17(16(11-13)21-24-18-3-1-2-4-19(18)30-21)23-20(26)12-29-15-8-6-14(7-9-15)25(27)28/h1-11H,12H2,(H,23,26). The number of para-hydroxylation sites is 1. The maximum Gasteiger partial charge on any atom is 0.269 e. The van der Waals surface area contributed by atoms with Gasteiger partial charge in [0, 0.05) is 22.2 Å². The molecule has 0 saturated heterocycles. The van der Waals surface area contributed by atoms with Crippen LogP contribution in [0.1, 0.15) is 0 Å². The normalized spacial score (nSPS) is 10.7. The highest BCUT2D eigenvalue weighted by Gasteiger charge is 2.14. The van der Waals surface area contributed by atoms with Crippen molar-refractivity contribution in [2.24, 2.45) is 0 Å². The maximum atomic E-state index is 12.4. The number of nitro benzene ring substituents is 1. The number of carbonyl (C=O) groups is 1. The molecule has 0 bridgehead atoms. The van der Waals surface area contributed by atoms with Crippen molar-refractivity contribution in [2.45, 2.75) is 0 Å². The number of thiazole rings is 1. The monoisotopic (exact) mass is 483 g/mol. The summed E-state index contributed by atoms with van der Waals surface area (Å²) in [5.41, 5.74) is 2.28. The fourth-order valence-corrected chi connectivity index (χ4v) is 4.15. The first-order chi connectivity index (χ1) is 14.5. The summed E-state index contributed by atoms with van der Waals surface area (Å²) in [6.45, 7) is -0.229. The molecule has 1 N–H and O–H groups in total. The molecule has 0 spiro atoms. The summed E-state index contributed by atoms with van der Waals surface area (Å²) in [7, 11) is 0. The van der Waals surface area contributed by atoms with E-state index in [1.165, 1.54) is 24.3 Å². The first-order valence-corrected chi connectivity index (χ1v) is 10.4. The number of ether oxygens (including phenoxy) is 1. The average Bonchev–Trinajstić information content (AvgIpc) is 3.18. The van der Waals surface area contributed by atoms with E-state index in [0.717, 1.165) is 25.3 Å². The smallest absolute Gasteiger partial charge is 0.269 e. The number of nitrogens with zero attached hydrogens (tertiary/aromatic N) is 2. The van der Waals surface area contributed by atoms with Gasteiger partial charge in [0.1, 0.15) is 10.8 Å². The van der Waals surface area contributed by atoms with E-state index in [2.05, 4.69) is 26.2 Å². The molecule has 0 atom stereocenters. The molecule has 0 aliphatic rings. The highest BCUT2D eigenvalue weighted by atomic mass is 79.9. The van der Waals surface area contributed by atoms with Crippen molar-refractivity contribution in [2.75, 3.05) is 11.9 Å². The summed E-state index contributed by atoms with van der Waals surface area (Å²) in [6.07, 6.45) is 0. The average molecular weight is 484 g/mol. The van der Waals surface area contributed by atoms with Gasteiger partial charge in [0.2, 0.25) is 0 Å². The summed E-state index contributed by atoms with van der Waals surface area (Å²) >= 11 is 5.02. The Balaban J connectivity index is 1.50. The number of nitrogens with one attached hydrogen (secondary N) is 1. The van der Waals surface area contributed by atoms with Crippen LogP contribution < -0.4 is 10.1 Å². The number of carbonyl (C=O) groups excluding carboxylic acids is 1. The lowest BCUT2D eigenvalue weighted by Gasteiger charge is -2.11. The van der Waals surface area contributed by atoms with Crippen molar-refractivity contribution in [1.82, 2.24) is 4.98 Å². The number of hydrogen-bond donors (Lipinski definition) is 1. The van der Waals surface area contributed by atoms with Gasteiger partial charge in [-0.2, -0.15) is 0 Å². The van der Waals surface area contributed by atoms with E-state index < -0.39 is 4.92 Å². The van der Waals surface area contributed by atoms with Crippen molar-refractivity contribution in [3.63, 3.8) is 0 Å². The van der Waals surface area contributed by atoms with Crippen LogP contribution in [0.25, 0.3) is 20.8 Å². The second-order valence-corrected chi connectivity index (χ2v) is 8.21. The van der Waals surface area contributed by atoms with Gasteiger partial charge < -0.3 is 10.1 Å². The molecular formula is C21H14BrN3O4S. The van der Waals surface area contributed by atoms with E-state index in [4.69, 9.17) is 4.74 Å². The van der Waals surface area contributed by atoms with Crippen LogP contribution in [-0.4, -0.2) is 22.4 Å². The lowest BCUT2D eigenvalue weighted by molar-refractivity contribution is -0.384. The molecule has 0 saturated carbocycles. The Morgan fingerprint density at radius 3 is 2.63 bits per heavy atom. The minimum atomic E-state index is -0.492. The fourth-order valence-electron chi connectivity index (χ4n) is 2.79. The van der Waals surface area contributed by atoms with E-state index in [1.54, 1.807) is 17.4 Å². The van der Waals surface area contributed by atoms with Crippen molar-refractivity contribution < 1.29 is 14.5 Å². The molecule has 30 heavy (non-hydrogen) atoms. The molecule has 4 aromatic rings. The predicted molar refractivity (Wildman–Crippen MR) is 120 cm³/mol. The van der Waals surface area contributed by atoms with Gasteiger partial charge in [-0.05, 0) is 42.5 Å². The number of fused-ring (bicyclic) bond motifs is 1. The lowest BCUT2D eigenvalue weighted by atomic mass is 10.2. The van der Waals surface area contributed by atoms with Gasteiger partial charge in [-0.25, -0.2) is 4.98 Å². The number of amides is 1. The molecule has 1 heterocycles. The van der Waals surface area contributed by atoms with Crippen LogP contribution >= 0.6 is 27.3 Å². The minimum Gasteiger partial charge on any atom is -0.484 e. The van der Waals surface area contributed by atoms with Crippen molar-refractivity contribution in [3.05, 3.63) is 81.3 Å². The minimum absolute atomic E-state index is 0.0397. The zero-order valence-corrected chi connectivity index (χ0v) is 17.8. The maximum absolute atomic E-state index is 12.4. The summed E-state index contributed by atoms with van der Waals surface area (Å²) in [5.74, 6) is 0.0241. The Kier molecular flexibility index (Phi) is 5.73. The van der Waals surface area contributed by atoms with Crippen LogP contribution in [0.5, 0.6) is 5.75 Å². The number of anilines is 1. The van der Waals surface area contributed by atoms with E-state index in [9.17, 15) is 14.9 Å². The van der Waals surface area contributed by atoms with Crippen LogP contribution in [0.3, 0.4) is 0 Å². The Morgan fingerprint density at radius 1 is 1.13 bits per heavy atom. The molecule has 1 amide bonds. The van der Waals surface area contributed by atoms with Crippen LogP contribution in [0.4, 0.5) is 11.4 Å². The lowest BCUT2D eigenvalue weighted by Crippen LogP contribution is -2.20. The number of hydrogen-bond acceptors (Lipinski definition) is 6. The third-order valence-corrected chi connectivity index (χ3v) is 5.76. The molecule has 3 aromatic carbocycles. The summed E-state index contributed by atoms with van der Waals surface area (Å²) < 4.78 is 7.37. The number of halogens is 1. The number of nitro groups is 1. The fraction of sp³-hybridized carbons (Fsp3) is 0.0476. The molecule has 150 valence electrons. The van der Waals surface area contributed by atoms with Crippen molar-refractivity contribution in [3.8, 4) is 16.3 Å². The third-order valence-electron chi connectivity index (χ3n) is 4.20. The van der Waals surface area contributed by atoms with Crippen LogP contribution in [0, 0.1) is 10.1 Å². The third kappa shape index (κ3) is 4.47. The number of benzene rings is 3. The highest BCUT2D eigenvalue weighted by molar-refractivity contribution is 9.10. The van der Waals surface area contributed by atoms with Crippen molar-refractivity contribution in [1.29, 1.82) is 0 Å². The molecule has 9 heteroatoms. The van der Waals surface area contributed by atoms with Gasteiger partial charge in [-0.3, -0.25) is 14.9 Å². The van der Waals surface area contributed by atoms with Gasteiger partial charge >= 0.3 is 0 Å². The zero-order chi connectivity index (χ0) is 21.1. The molecule has 0 aliphatic carbocycles. The van der Waals surface area contributed by atoms with Gasteiger partial charge in [0.15, 0.2) is 6.61 Å². The van der Waals surface area contributed by atoms with Crippen LogP contribution in [0.2, 0.25) is 0 Å². The molecule has 0 fully saturated rings. The second-order valence-electron chi connectivity index (χ2n) is 6.26. The highest BCUT2D eigenvalue weighted by Crippen LogP contribution is 2.36. The van der Waals surface area contributed by atoms with E-state index in [0.29, 0.717) is 11.4 Å². The van der Waals surface area contributed by atoms with Crippen LogP contribution in [-0.2, 0) is 4.79 Å². The number of rotatable bonds is 6. The second kappa shape index (κ2) is 8.60. The van der Waals surface area contributed by atoms with E-state index in [-0.39, 0.29) is 18.2 Å². The molecule has 7 nitrogen and oxygen atoms in total. The summed E-state index contributed by atoms with van der Waals surface area (Å²) in [5, 5.41) is 14.4. The SMILES string of the molecule is O=C(COc1ccc([N+](=O)[O-])cc1)Nc1ccc(Br)cc1-c1nc2ccccc2s1. The quantitative estimate of drug-likeness (QED) is 0.282. The van der Waals surface area contributed by atoms with E-state index in [1.807, 2.05) is 36.4 Å². The Labute approximate surface area is 183 Å². The first-order valence-electron chi connectivity index (χ1n) is 8.82. The Bertz CT molecular complexity index is 1210. The Hall–Kier alpha value is -3.30. The Morgan fingerprint density at radius 2 is 1.90 bits per heavy atom. The van der Waals surface area contributed by atoms with Gasteiger partial charge in [0.25, 0.3) is 11.6 Å². The largest absolute Gasteiger partial charge is 0.484 e. The summed E-state index contributed by atoms with van der Waals surface area (Å²) in [4.78, 5) is 27.3. The number of aromatic nitrogens is 1. The molecule has 0 aliphatic heterocycles. The first kappa shape index (κ1) is 20.0. The zero-order valence-electron chi connectivity index (χ0n) is 15.4. The molecule has 1 aromatic heterocycles. The topological polar surface area (TPSA) is 94.4 Å². The molecule has 0 radical (unpaired) electrons. The van der Waals surface area contributed by atoms with Gasteiger partial charge in [-0.1, -0.05) is 28.1 Å². The summed E-state index contributed by atoms with van der Waals surface area (Å²) in [6, 6.07) is 19.0. The van der Waals surface area contributed by atoms with Crippen molar-refractivity contribution >= 4 is 54.8 Å². The van der Waals surface area contributed by atoms with Gasteiger partial charge in [0.05, 0.1) is 20.8 Å².